The second kappa shape index (κ2) is 8.90. The van der Waals surface area contributed by atoms with Gasteiger partial charge in [0.2, 0.25) is 11.9 Å². The molecular weight excluding hydrogens is 381 g/mol. The number of anilines is 3. The lowest BCUT2D eigenvalue weighted by atomic mass is 10.1. The summed E-state index contributed by atoms with van der Waals surface area (Å²) < 4.78 is 13.0. The van der Waals surface area contributed by atoms with Crippen LogP contribution in [0.25, 0.3) is 0 Å². The highest BCUT2D eigenvalue weighted by Crippen LogP contribution is 2.18. The lowest BCUT2D eigenvalue weighted by Gasteiger charge is -2.34. The molecule has 0 saturated carbocycles. The molecule has 0 spiro atoms. The second-order valence-corrected chi connectivity index (χ2v) is 7.40. The molecule has 4 rings (SSSR count). The molecule has 1 aliphatic heterocycles. The molecule has 1 fully saturated rings. The molecule has 3 aromatic rings. The molecule has 154 valence electrons. The summed E-state index contributed by atoms with van der Waals surface area (Å²) in [6.07, 6.45) is 2.03. The van der Waals surface area contributed by atoms with Crippen LogP contribution in [0, 0.1) is 12.7 Å². The van der Waals surface area contributed by atoms with Crippen molar-refractivity contribution >= 4 is 23.4 Å². The first-order chi connectivity index (χ1) is 14.6. The Kier molecular flexibility index (Phi) is 5.88. The number of halogens is 1. The van der Waals surface area contributed by atoms with Gasteiger partial charge < -0.3 is 15.1 Å². The molecule has 6 nitrogen and oxygen atoms in total. The van der Waals surface area contributed by atoms with Gasteiger partial charge in [-0.15, -0.1) is 0 Å². The van der Waals surface area contributed by atoms with E-state index in [1.807, 2.05) is 35.2 Å². The molecule has 2 aromatic carbocycles. The van der Waals surface area contributed by atoms with Crippen molar-refractivity contribution in [3.05, 3.63) is 77.7 Å². The van der Waals surface area contributed by atoms with Crippen molar-refractivity contribution in [1.82, 2.24) is 14.9 Å². The molecule has 0 bridgehead atoms. The van der Waals surface area contributed by atoms with Gasteiger partial charge in [-0.25, -0.2) is 9.37 Å². The quantitative estimate of drug-likeness (QED) is 0.703. The molecule has 1 N–H and O–H groups in total. The Balaban J connectivity index is 1.34. The first kappa shape index (κ1) is 19.8. The third kappa shape index (κ3) is 4.92. The normalized spacial score (nSPS) is 13.9. The number of carbonyl (C=O) groups excluding carboxylic acids is 1. The highest BCUT2D eigenvalue weighted by atomic mass is 19.1. The molecule has 2 heterocycles. The van der Waals surface area contributed by atoms with E-state index >= 15 is 0 Å². The first-order valence-corrected chi connectivity index (χ1v) is 10.0. The SMILES string of the molecule is Cc1ccc(Nc2ccnc(N3CCN(C(=O)Cc4ccc(F)cc4)CC3)n2)cc1. The lowest BCUT2D eigenvalue weighted by Crippen LogP contribution is -2.49. The Morgan fingerprint density at radius 3 is 2.40 bits per heavy atom. The number of carbonyl (C=O) groups is 1. The summed E-state index contributed by atoms with van der Waals surface area (Å²) in [4.78, 5) is 25.5. The Morgan fingerprint density at radius 1 is 1.00 bits per heavy atom. The largest absolute Gasteiger partial charge is 0.340 e. The van der Waals surface area contributed by atoms with Gasteiger partial charge in [0.05, 0.1) is 6.42 Å². The molecule has 0 atom stereocenters. The predicted molar refractivity (Wildman–Crippen MR) is 115 cm³/mol. The summed E-state index contributed by atoms with van der Waals surface area (Å²) in [5, 5.41) is 3.30. The first-order valence-electron chi connectivity index (χ1n) is 10.0. The van der Waals surface area contributed by atoms with Crippen molar-refractivity contribution in [2.75, 3.05) is 36.4 Å². The third-order valence-electron chi connectivity index (χ3n) is 5.15. The fourth-order valence-electron chi connectivity index (χ4n) is 3.40. The number of benzene rings is 2. The number of hydrogen-bond acceptors (Lipinski definition) is 5. The van der Waals surface area contributed by atoms with E-state index in [0.29, 0.717) is 32.1 Å². The summed E-state index contributed by atoms with van der Waals surface area (Å²) >= 11 is 0. The van der Waals surface area contributed by atoms with E-state index in [1.54, 1.807) is 18.3 Å². The maximum Gasteiger partial charge on any atom is 0.227 e. The minimum absolute atomic E-state index is 0.0527. The zero-order valence-electron chi connectivity index (χ0n) is 16.9. The summed E-state index contributed by atoms with van der Waals surface area (Å²) in [6, 6.07) is 16.1. The maximum atomic E-state index is 13.0. The van der Waals surface area contributed by atoms with Gasteiger partial charge in [0.15, 0.2) is 0 Å². The minimum atomic E-state index is -0.293. The fraction of sp³-hybridized carbons (Fsp3) is 0.261. The Labute approximate surface area is 175 Å². The maximum absolute atomic E-state index is 13.0. The number of nitrogens with one attached hydrogen (secondary N) is 1. The van der Waals surface area contributed by atoms with Crippen molar-refractivity contribution in [2.45, 2.75) is 13.3 Å². The number of aryl methyl sites for hydroxylation is 1. The number of nitrogens with zero attached hydrogens (tertiary/aromatic N) is 4. The van der Waals surface area contributed by atoms with Crippen LogP contribution >= 0.6 is 0 Å². The molecule has 0 unspecified atom stereocenters. The van der Waals surface area contributed by atoms with E-state index in [2.05, 4.69) is 27.1 Å². The molecule has 0 aliphatic carbocycles. The van der Waals surface area contributed by atoms with Crippen LogP contribution in [0.5, 0.6) is 0 Å². The Bertz CT molecular complexity index is 999. The smallest absolute Gasteiger partial charge is 0.227 e. The monoisotopic (exact) mass is 405 g/mol. The van der Waals surface area contributed by atoms with Crippen LogP contribution < -0.4 is 10.2 Å². The van der Waals surface area contributed by atoms with Gasteiger partial charge >= 0.3 is 0 Å². The molecule has 1 aromatic heterocycles. The van der Waals surface area contributed by atoms with Crippen molar-refractivity contribution in [1.29, 1.82) is 0 Å². The Hall–Kier alpha value is -3.48. The van der Waals surface area contributed by atoms with Gasteiger partial charge in [-0.05, 0) is 42.8 Å². The fourth-order valence-corrected chi connectivity index (χ4v) is 3.40. The van der Waals surface area contributed by atoms with Crippen LogP contribution in [-0.2, 0) is 11.2 Å². The second-order valence-electron chi connectivity index (χ2n) is 7.40. The zero-order valence-corrected chi connectivity index (χ0v) is 16.9. The highest BCUT2D eigenvalue weighted by molar-refractivity contribution is 5.79. The average molecular weight is 405 g/mol. The van der Waals surface area contributed by atoms with Crippen molar-refractivity contribution in [2.24, 2.45) is 0 Å². The van der Waals surface area contributed by atoms with E-state index in [1.165, 1.54) is 17.7 Å². The van der Waals surface area contributed by atoms with Crippen LogP contribution in [-0.4, -0.2) is 47.0 Å². The van der Waals surface area contributed by atoms with Gasteiger partial charge in [0.25, 0.3) is 0 Å². The van der Waals surface area contributed by atoms with Crippen LogP contribution in [0.15, 0.2) is 60.8 Å². The van der Waals surface area contributed by atoms with E-state index in [4.69, 9.17) is 0 Å². The van der Waals surface area contributed by atoms with Gasteiger partial charge in [-0.2, -0.15) is 4.98 Å². The van der Waals surface area contributed by atoms with Gasteiger partial charge in [0, 0.05) is 38.1 Å². The number of amides is 1. The summed E-state index contributed by atoms with van der Waals surface area (Å²) in [7, 11) is 0. The molecule has 7 heteroatoms. The number of piperazine rings is 1. The van der Waals surface area contributed by atoms with E-state index in [9.17, 15) is 9.18 Å². The van der Waals surface area contributed by atoms with E-state index in [0.717, 1.165) is 17.1 Å². The zero-order chi connectivity index (χ0) is 20.9. The molecule has 1 saturated heterocycles. The van der Waals surface area contributed by atoms with Crippen molar-refractivity contribution in [3.63, 3.8) is 0 Å². The van der Waals surface area contributed by atoms with E-state index in [-0.39, 0.29) is 18.1 Å². The number of aromatic nitrogens is 2. The summed E-state index contributed by atoms with van der Waals surface area (Å²) in [5.41, 5.74) is 3.00. The summed E-state index contributed by atoms with van der Waals surface area (Å²) in [5.74, 6) is 1.15. The van der Waals surface area contributed by atoms with Gasteiger partial charge in [-0.3, -0.25) is 4.79 Å². The third-order valence-corrected chi connectivity index (χ3v) is 5.15. The highest BCUT2D eigenvalue weighted by Gasteiger charge is 2.22. The number of rotatable bonds is 5. The Morgan fingerprint density at radius 2 is 1.70 bits per heavy atom. The molecular formula is C23H24FN5O. The van der Waals surface area contributed by atoms with Crippen molar-refractivity contribution in [3.8, 4) is 0 Å². The summed E-state index contributed by atoms with van der Waals surface area (Å²) in [6.45, 7) is 4.61. The standard InChI is InChI=1S/C23H24FN5O/c1-17-2-8-20(9-3-17)26-21-10-11-25-23(27-21)29-14-12-28(13-15-29)22(30)16-18-4-6-19(24)7-5-18/h2-11H,12-16H2,1H3,(H,25,26,27). The minimum Gasteiger partial charge on any atom is -0.340 e. The van der Waals surface area contributed by atoms with Crippen molar-refractivity contribution < 1.29 is 9.18 Å². The van der Waals surface area contributed by atoms with Gasteiger partial charge in [-0.1, -0.05) is 29.8 Å². The topological polar surface area (TPSA) is 61.4 Å². The van der Waals surface area contributed by atoms with Crippen LogP contribution in [0.3, 0.4) is 0 Å². The number of hydrogen-bond donors (Lipinski definition) is 1. The van der Waals surface area contributed by atoms with Crippen LogP contribution in [0.2, 0.25) is 0 Å². The molecule has 30 heavy (non-hydrogen) atoms. The van der Waals surface area contributed by atoms with Crippen LogP contribution in [0.1, 0.15) is 11.1 Å². The molecule has 0 radical (unpaired) electrons. The van der Waals surface area contributed by atoms with Gasteiger partial charge in [0.1, 0.15) is 11.6 Å². The predicted octanol–water partition coefficient (Wildman–Crippen LogP) is 3.56. The molecule has 1 aliphatic rings. The molecule has 1 amide bonds. The average Bonchev–Trinajstić information content (AvgIpc) is 2.77. The van der Waals surface area contributed by atoms with Crippen LogP contribution in [0.4, 0.5) is 21.8 Å². The lowest BCUT2D eigenvalue weighted by molar-refractivity contribution is -0.130. The van der Waals surface area contributed by atoms with E-state index < -0.39 is 0 Å².